The number of nitriles is 1. The second kappa shape index (κ2) is 7.68. The normalized spacial score (nSPS) is 10.0. The largest absolute Gasteiger partial charge is 0.354 e. The van der Waals surface area contributed by atoms with Gasteiger partial charge in [0.05, 0.1) is 23.5 Å². The van der Waals surface area contributed by atoms with Gasteiger partial charge in [-0.2, -0.15) is 5.26 Å². The lowest BCUT2D eigenvalue weighted by Crippen LogP contribution is -2.13. The fourth-order valence-electron chi connectivity index (χ4n) is 2.35. The van der Waals surface area contributed by atoms with Crippen molar-refractivity contribution in [2.24, 2.45) is 0 Å². The first-order chi connectivity index (χ1) is 12.5. The van der Waals surface area contributed by atoms with Crippen LogP contribution in [-0.4, -0.2) is 10.9 Å². The van der Waals surface area contributed by atoms with E-state index >= 15 is 0 Å². The monoisotopic (exact) mass is 362 g/mol. The van der Waals surface area contributed by atoms with Gasteiger partial charge in [-0.3, -0.25) is 4.79 Å². The van der Waals surface area contributed by atoms with E-state index in [0.29, 0.717) is 16.3 Å². The number of halogens is 1. The van der Waals surface area contributed by atoms with Gasteiger partial charge in [-0.15, -0.1) is 0 Å². The standard InChI is InChI=1S/C20H15ClN4O/c1-13-5-6-15(21)10-19(13)24-17-7-8-18(23-12-17)20(26)25-16-4-2-3-14(9-16)11-22/h2-10,12,24H,1H3,(H,25,26). The summed E-state index contributed by atoms with van der Waals surface area (Å²) in [5, 5.41) is 15.5. The molecule has 2 aromatic carbocycles. The third-order valence-electron chi connectivity index (χ3n) is 3.72. The molecule has 3 rings (SSSR count). The number of aryl methyl sites for hydroxylation is 1. The Morgan fingerprint density at radius 3 is 2.69 bits per heavy atom. The molecule has 1 amide bonds. The Labute approximate surface area is 156 Å². The smallest absolute Gasteiger partial charge is 0.274 e. The summed E-state index contributed by atoms with van der Waals surface area (Å²) in [5.41, 5.74) is 3.98. The fraction of sp³-hybridized carbons (Fsp3) is 0.0500. The van der Waals surface area contributed by atoms with Gasteiger partial charge in [-0.25, -0.2) is 4.98 Å². The molecule has 0 unspecified atom stereocenters. The quantitative estimate of drug-likeness (QED) is 0.691. The van der Waals surface area contributed by atoms with Crippen molar-refractivity contribution in [1.29, 1.82) is 5.26 Å². The van der Waals surface area contributed by atoms with E-state index in [1.165, 1.54) is 0 Å². The molecule has 26 heavy (non-hydrogen) atoms. The molecule has 128 valence electrons. The molecule has 5 nitrogen and oxygen atoms in total. The minimum atomic E-state index is -0.342. The van der Waals surface area contributed by atoms with Crippen molar-refractivity contribution in [3.63, 3.8) is 0 Å². The van der Waals surface area contributed by atoms with Crippen LogP contribution in [0.2, 0.25) is 5.02 Å². The summed E-state index contributed by atoms with van der Waals surface area (Å²) >= 11 is 6.02. The number of carbonyl (C=O) groups excluding carboxylic acids is 1. The van der Waals surface area contributed by atoms with Gasteiger partial charge in [-0.1, -0.05) is 23.7 Å². The van der Waals surface area contributed by atoms with Crippen molar-refractivity contribution >= 4 is 34.6 Å². The third kappa shape index (κ3) is 4.18. The van der Waals surface area contributed by atoms with Crippen LogP contribution in [0.25, 0.3) is 0 Å². The Kier molecular flexibility index (Phi) is 5.16. The molecule has 0 fully saturated rings. The summed E-state index contributed by atoms with van der Waals surface area (Å²) in [6, 6.07) is 17.7. The van der Waals surface area contributed by atoms with Crippen LogP contribution in [0.15, 0.2) is 60.8 Å². The summed E-state index contributed by atoms with van der Waals surface area (Å²) < 4.78 is 0. The van der Waals surface area contributed by atoms with Crippen LogP contribution in [0.5, 0.6) is 0 Å². The zero-order chi connectivity index (χ0) is 18.5. The first-order valence-corrected chi connectivity index (χ1v) is 8.24. The first kappa shape index (κ1) is 17.5. The van der Waals surface area contributed by atoms with Gasteiger partial charge in [0.2, 0.25) is 0 Å². The highest BCUT2D eigenvalue weighted by atomic mass is 35.5. The average Bonchev–Trinajstić information content (AvgIpc) is 2.65. The van der Waals surface area contributed by atoms with E-state index in [0.717, 1.165) is 16.9 Å². The van der Waals surface area contributed by atoms with Crippen molar-refractivity contribution in [3.8, 4) is 6.07 Å². The molecule has 0 aliphatic rings. The average molecular weight is 363 g/mol. The maximum absolute atomic E-state index is 12.3. The molecule has 1 heterocycles. The highest BCUT2D eigenvalue weighted by Gasteiger charge is 2.09. The zero-order valence-corrected chi connectivity index (χ0v) is 14.7. The Morgan fingerprint density at radius 1 is 1.12 bits per heavy atom. The Balaban J connectivity index is 1.71. The number of aromatic nitrogens is 1. The highest BCUT2D eigenvalue weighted by Crippen LogP contribution is 2.24. The number of nitrogens with one attached hydrogen (secondary N) is 2. The van der Waals surface area contributed by atoms with Crippen LogP contribution >= 0.6 is 11.6 Å². The molecular formula is C20H15ClN4O. The summed E-state index contributed by atoms with van der Waals surface area (Å²) in [6.07, 6.45) is 1.58. The number of hydrogen-bond acceptors (Lipinski definition) is 4. The van der Waals surface area contributed by atoms with E-state index in [1.807, 2.05) is 31.2 Å². The number of nitrogens with zero attached hydrogens (tertiary/aromatic N) is 2. The van der Waals surface area contributed by atoms with Crippen LogP contribution < -0.4 is 10.6 Å². The second-order valence-electron chi connectivity index (χ2n) is 5.66. The maximum Gasteiger partial charge on any atom is 0.274 e. The van der Waals surface area contributed by atoms with Gasteiger partial charge in [0.1, 0.15) is 5.69 Å². The molecule has 2 N–H and O–H groups in total. The van der Waals surface area contributed by atoms with Gasteiger partial charge >= 0.3 is 0 Å². The van der Waals surface area contributed by atoms with Crippen LogP contribution in [0.4, 0.5) is 17.1 Å². The highest BCUT2D eigenvalue weighted by molar-refractivity contribution is 6.30. The van der Waals surface area contributed by atoms with Crippen LogP contribution in [0.3, 0.4) is 0 Å². The van der Waals surface area contributed by atoms with Gasteiger partial charge in [0.25, 0.3) is 5.91 Å². The minimum Gasteiger partial charge on any atom is -0.354 e. The van der Waals surface area contributed by atoms with E-state index in [1.54, 1.807) is 42.6 Å². The molecule has 0 spiro atoms. The lowest BCUT2D eigenvalue weighted by atomic mass is 10.2. The van der Waals surface area contributed by atoms with Crippen molar-refractivity contribution in [1.82, 2.24) is 4.98 Å². The van der Waals surface area contributed by atoms with Crippen molar-refractivity contribution in [2.75, 3.05) is 10.6 Å². The number of anilines is 3. The Bertz CT molecular complexity index is 993. The van der Waals surface area contributed by atoms with Crippen molar-refractivity contribution < 1.29 is 4.79 Å². The number of benzene rings is 2. The fourth-order valence-corrected chi connectivity index (χ4v) is 2.52. The van der Waals surface area contributed by atoms with E-state index < -0.39 is 0 Å². The molecule has 0 atom stereocenters. The Morgan fingerprint density at radius 2 is 1.96 bits per heavy atom. The molecule has 0 saturated heterocycles. The second-order valence-corrected chi connectivity index (χ2v) is 6.10. The van der Waals surface area contributed by atoms with Crippen LogP contribution in [0.1, 0.15) is 21.6 Å². The summed E-state index contributed by atoms with van der Waals surface area (Å²) in [5.74, 6) is -0.342. The van der Waals surface area contributed by atoms with E-state index in [2.05, 4.69) is 15.6 Å². The Hall–Kier alpha value is -3.36. The van der Waals surface area contributed by atoms with Crippen molar-refractivity contribution in [3.05, 3.63) is 82.6 Å². The first-order valence-electron chi connectivity index (χ1n) is 7.86. The number of amides is 1. The van der Waals surface area contributed by atoms with E-state index in [4.69, 9.17) is 16.9 Å². The van der Waals surface area contributed by atoms with Crippen LogP contribution in [0, 0.1) is 18.3 Å². The van der Waals surface area contributed by atoms with Gasteiger partial charge in [-0.05, 0) is 55.0 Å². The summed E-state index contributed by atoms with van der Waals surface area (Å²) in [6.45, 7) is 1.98. The number of hydrogen-bond donors (Lipinski definition) is 2. The molecule has 6 heteroatoms. The topological polar surface area (TPSA) is 77.8 Å². The summed E-state index contributed by atoms with van der Waals surface area (Å²) in [4.78, 5) is 16.5. The van der Waals surface area contributed by atoms with Crippen LogP contribution in [-0.2, 0) is 0 Å². The number of rotatable bonds is 4. The predicted octanol–water partition coefficient (Wildman–Crippen LogP) is 4.91. The van der Waals surface area contributed by atoms with Gasteiger partial charge in [0.15, 0.2) is 0 Å². The maximum atomic E-state index is 12.3. The molecule has 0 radical (unpaired) electrons. The minimum absolute atomic E-state index is 0.278. The molecule has 0 bridgehead atoms. The third-order valence-corrected chi connectivity index (χ3v) is 3.96. The summed E-state index contributed by atoms with van der Waals surface area (Å²) in [7, 11) is 0. The van der Waals surface area contributed by atoms with Gasteiger partial charge < -0.3 is 10.6 Å². The predicted molar refractivity (Wildman–Crippen MR) is 103 cm³/mol. The lowest BCUT2D eigenvalue weighted by molar-refractivity contribution is 0.102. The SMILES string of the molecule is Cc1ccc(Cl)cc1Nc1ccc(C(=O)Nc2cccc(C#N)c2)nc1. The molecule has 3 aromatic rings. The number of carbonyl (C=O) groups is 1. The van der Waals surface area contributed by atoms with Crippen molar-refractivity contribution in [2.45, 2.75) is 6.92 Å². The molecular weight excluding hydrogens is 348 g/mol. The molecule has 1 aromatic heterocycles. The van der Waals surface area contributed by atoms with E-state index in [-0.39, 0.29) is 11.6 Å². The number of pyridine rings is 1. The molecule has 0 saturated carbocycles. The lowest BCUT2D eigenvalue weighted by Gasteiger charge is -2.10. The zero-order valence-electron chi connectivity index (χ0n) is 14.0. The van der Waals surface area contributed by atoms with Gasteiger partial charge in [0, 0.05) is 16.4 Å². The molecule has 0 aliphatic carbocycles. The molecule has 0 aliphatic heterocycles. The van der Waals surface area contributed by atoms with E-state index in [9.17, 15) is 4.79 Å².